The lowest BCUT2D eigenvalue weighted by atomic mass is 10.2. The summed E-state index contributed by atoms with van der Waals surface area (Å²) in [6.07, 6.45) is 4.93. The summed E-state index contributed by atoms with van der Waals surface area (Å²) in [5.41, 5.74) is 0.778. The van der Waals surface area contributed by atoms with Crippen LogP contribution < -0.4 is 5.32 Å². The Balaban J connectivity index is 3.92. The average Bonchev–Trinajstić information content (AvgIpc) is 2.24. The molecule has 0 aliphatic rings. The Morgan fingerprint density at radius 2 is 2.25 bits per heavy atom. The molecular weight excluding hydrogens is 206 g/mol. The van der Waals surface area contributed by atoms with Crippen molar-refractivity contribution < 1.29 is 14.6 Å². The summed E-state index contributed by atoms with van der Waals surface area (Å²) in [5.74, 6) is 0. The summed E-state index contributed by atoms with van der Waals surface area (Å²) in [7, 11) is 0. The molecule has 0 aromatic heterocycles. The van der Waals surface area contributed by atoms with Gasteiger partial charge in [0.1, 0.15) is 6.61 Å². The molecule has 0 spiro atoms. The van der Waals surface area contributed by atoms with E-state index < -0.39 is 6.09 Å². The van der Waals surface area contributed by atoms with E-state index in [9.17, 15) is 4.79 Å². The Morgan fingerprint density at radius 3 is 2.75 bits per heavy atom. The van der Waals surface area contributed by atoms with Crippen LogP contribution in [0.3, 0.4) is 0 Å². The van der Waals surface area contributed by atoms with Gasteiger partial charge in [0.05, 0.1) is 0 Å². The van der Waals surface area contributed by atoms with Crippen LogP contribution in [-0.4, -0.2) is 30.5 Å². The molecular formula is C12H19NO3. The Morgan fingerprint density at radius 1 is 1.56 bits per heavy atom. The fraction of sp³-hybridized carbons (Fsp3) is 0.417. The number of nitrogens with one attached hydrogen (secondary N) is 1. The summed E-state index contributed by atoms with van der Waals surface area (Å²) in [6.45, 7) is 9.12. The Labute approximate surface area is 96.3 Å². The molecule has 4 nitrogen and oxygen atoms in total. The van der Waals surface area contributed by atoms with Crippen molar-refractivity contribution in [2.24, 2.45) is 0 Å². The van der Waals surface area contributed by atoms with Crippen LogP contribution in [0.4, 0.5) is 4.79 Å². The van der Waals surface area contributed by atoms with E-state index in [-0.39, 0.29) is 19.3 Å². The number of aliphatic hydroxyl groups excluding tert-OH is 1. The summed E-state index contributed by atoms with van der Waals surface area (Å²) >= 11 is 0. The quantitative estimate of drug-likeness (QED) is 0.649. The minimum atomic E-state index is -0.502. The maximum Gasteiger partial charge on any atom is 0.407 e. The van der Waals surface area contributed by atoms with Gasteiger partial charge in [0.25, 0.3) is 0 Å². The molecule has 0 aromatic rings. The van der Waals surface area contributed by atoms with Gasteiger partial charge in [0.15, 0.2) is 0 Å². The third-order valence-electron chi connectivity index (χ3n) is 1.89. The molecule has 16 heavy (non-hydrogen) atoms. The van der Waals surface area contributed by atoms with Gasteiger partial charge in [-0.2, -0.15) is 0 Å². The molecule has 1 amide bonds. The zero-order chi connectivity index (χ0) is 12.4. The second-order valence-electron chi connectivity index (χ2n) is 3.32. The van der Waals surface area contributed by atoms with E-state index in [2.05, 4.69) is 18.5 Å². The topological polar surface area (TPSA) is 58.6 Å². The highest BCUT2D eigenvalue weighted by Crippen LogP contribution is 1.98. The molecule has 0 aromatic carbocycles. The zero-order valence-corrected chi connectivity index (χ0v) is 9.61. The SMILES string of the molecule is C=C/C=C(\C=C)COC(=O)NC(C)CCO. The third-order valence-corrected chi connectivity index (χ3v) is 1.89. The van der Waals surface area contributed by atoms with Crippen molar-refractivity contribution in [1.82, 2.24) is 5.32 Å². The molecule has 0 radical (unpaired) electrons. The second-order valence-corrected chi connectivity index (χ2v) is 3.32. The van der Waals surface area contributed by atoms with Crippen LogP contribution in [-0.2, 0) is 4.74 Å². The van der Waals surface area contributed by atoms with Gasteiger partial charge >= 0.3 is 6.09 Å². The van der Waals surface area contributed by atoms with Crippen molar-refractivity contribution in [3.05, 3.63) is 37.0 Å². The normalized spacial score (nSPS) is 12.8. The largest absolute Gasteiger partial charge is 0.445 e. The zero-order valence-electron chi connectivity index (χ0n) is 9.61. The van der Waals surface area contributed by atoms with Crippen molar-refractivity contribution >= 4 is 6.09 Å². The van der Waals surface area contributed by atoms with E-state index in [0.717, 1.165) is 5.57 Å². The molecule has 0 saturated carbocycles. The van der Waals surface area contributed by atoms with Crippen LogP contribution in [0.25, 0.3) is 0 Å². The van der Waals surface area contributed by atoms with E-state index in [1.165, 1.54) is 0 Å². The molecule has 0 rings (SSSR count). The number of aliphatic hydroxyl groups is 1. The average molecular weight is 225 g/mol. The molecule has 0 fully saturated rings. The molecule has 0 saturated heterocycles. The fourth-order valence-corrected chi connectivity index (χ4v) is 0.984. The Kier molecular flexibility index (Phi) is 7.89. The Bertz CT molecular complexity index is 271. The first-order valence-corrected chi connectivity index (χ1v) is 5.12. The number of hydrogen-bond donors (Lipinski definition) is 2. The van der Waals surface area contributed by atoms with E-state index in [4.69, 9.17) is 9.84 Å². The van der Waals surface area contributed by atoms with Gasteiger partial charge in [-0.1, -0.05) is 31.4 Å². The second kappa shape index (κ2) is 8.73. The molecule has 4 heteroatoms. The van der Waals surface area contributed by atoms with E-state index in [1.54, 1.807) is 25.2 Å². The van der Waals surface area contributed by atoms with Crippen molar-refractivity contribution in [3.8, 4) is 0 Å². The Hall–Kier alpha value is -1.55. The lowest BCUT2D eigenvalue weighted by Gasteiger charge is -2.12. The summed E-state index contributed by atoms with van der Waals surface area (Å²) < 4.78 is 4.95. The van der Waals surface area contributed by atoms with Gasteiger partial charge in [0.2, 0.25) is 0 Å². The number of rotatable bonds is 7. The van der Waals surface area contributed by atoms with Crippen LogP contribution in [0.15, 0.2) is 37.0 Å². The third kappa shape index (κ3) is 6.84. The van der Waals surface area contributed by atoms with Crippen LogP contribution in [0.1, 0.15) is 13.3 Å². The van der Waals surface area contributed by atoms with Gasteiger partial charge in [-0.15, -0.1) is 0 Å². The van der Waals surface area contributed by atoms with Gasteiger partial charge in [0, 0.05) is 12.6 Å². The van der Waals surface area contributed by atoms with Gasteiger partial charge in [-0.3, -0.25) is 0 Å². The molecule has 90 valence electrons. The maximum atomic E-state index is 11.3. The number of alkyl carbamates (subject to hydrolysis) is 1. The van der Waals surface area contributed by atoms with Gasteiger partial charge < -0.3 is 15.2 Å². The lowest BCUT2D eigenvalue weighted by molar-refractivity contribution is 0.150. The standard InChI is InChI=1S/C12H19NO3/c1-4-6-11(5-2)9-16-12(15)13-10(3)7-8-14/h4-6,10,14H,1-2,7-9H2,3H3,(H,13,15)/b11-6+. The van der Waals surface area contributed by atoms with Gasteiger partial charge in [-0.05, 0) is 18.9 Å². The van der Waals surface area contributed by atoms with Gasteiger partial charge in [-0.25, -0.2) is 4.79 Å². The molecule has 2 N–H and O–H groups in total. The van der Waals surface area contributed by atoms with E-state index in [0.29, 0.717) is 6.42 Å². The van der Waals surface area contributed by atoms with Crippen LogP contribution in [0.5, 0.6) is 0 Å². The number of ether oxygens (including phenoxy) is 1. The smallest absolute Gasteiger partial charge is 0.407 e. The first-order chi connectivity index (χ1) is 7.63. The lowest BCUT2D eigenvalue weighted by Crippen LogP contribution is -2.33. The van der Waals surface area contributed by atoms with E-state index >= 15 is 0 Å². The number of hydrogen-bond acceptors (Lipinski definition) is 3. The number of amides is 1. The maximum absolute atomic E-state index is 11.3. The summed E-state index contributed by atoms with van der Waals surface area (Å²) in [6, 6.07) is -0.104. The van der Waals surface area contributed by atoms with Crippen molar-refractivity contribution in [2.75, 3.05) is 13.2 Å². The fourth-order valence-electron chi connectivity index (χ4n) is 0.984. The van der Waals surface area contributed by atoms with Crippen molar-refractivity contribution in [2.45, 2.75) is 19.4 Å². The molecule has 0 heterocycles. The minimum absolute atomic E-state index is 0.0374. The predicted molar refractivity (Wildman–Crippen MR) is 64.1 cm³/mol. The molecule has 1 unspecified atom stereocenters. The van der Waals surface area contributed by atoms with Crippen LogP contribution >= 0.6 is 0 Å². The van der Waals surface area contributed by atoms with Crippen molar-refractivity contribution in [3.63, 3.8) is 0 Å². The number of carbonyl (C=O) groups excluding carboxylic acids is 1. The highest BCUT2D eigenvalue weighted by atomic mass is 16.5. The summed E-state index contributed by atoms with van der Waals surface area (Å²) in [5, 5.41) is 11.2. The first kappa shape index (κ1) is 14.5. The van der Waals surface area contributed by atoms with Crippen LogP contribution in [0.2, 0.25) is 0 Å². The number of allylic oxidation sites excluding steroid dienone is 2. The highest BCUT2D eigenvalue weighted by molar-refractivity contribution is 5.67. The first-order valence-electron chi connectivity index (χ1n) is 5.12. The monoisotopic (exact) mass is 225 g/mol. The molecule has 1 atom stereocenters. The van der Waals surface area contributed by atoms with Crippen molar-refractivity contribution in [1.29, 1.82) is 0 Å². The summed E-state index contributed by atoms with van der Waals surface area (Å²) in [4.78, 5) is 11.3. The predicted octanol–water partition coefficient (Wildman–Crippen LogP) is 1.78. The van der Waals surface area contributed by atoms with E-state index in [1.807, 2.05) is 0 Å². The minimum Gasteiger partial charge on any atom is -0.445 e. The van der Waals surface area contributed by atoms with Crippen LogP contribution in [0, 0.1) is 0 Å². The molecule has 0 aliphatic carbocycles. The highest BCUT2D eigenvalue weighted by Gasteiger charge is 2.07. The molecule has 0 aliphatic heterocycles. The number of carbonyl (C=O) groups is 1. The molecule has 0 bridgehead atoms.